The van der Waals surface area contributed by atoms with Gasteiger partial charge in [0.15, 0.2) is 11.2 Å². The average molecular weight is 330 g/mol. The van der Waals surface area contributed by atoms with Crippen LogP contribution in [0.3, 0.4) is 0 Å². The van der Waals surface area contributed by atoms with Gasteiger partial charge in [0.2, 0.25) is 0 Å². The third kappa shape index (κ3) is 2.95. The molecule has 1 amide bonds. The number of carbonyl (C=O) groups is 1. The van der Waals surface area contributed by atoms with Crippen LogP contribution in [0.1, 0.15) is 6.92 Å². The predicted octanol–water partition coefficient (Wildman–Crippen LogP) is 2.91. The van der Waals surface area contributed by atoms with Crippen LogP contribution in [0.4, 0.5) is 5.69 Å². The fourth-order valence-electron chi connectivity index (χ4n) is 1.53. The molecule has 1 aliphatic heterocycles. The molecule has 0 saturated carbocycles. The van der Waals surface area contributed by atoms with Crippen molar-refractivity contribution in [1.82, 2.24) is 5.01 Å². The van der Waals surface area contributed by atoms with Crippen molar-refractivity contribution < 1.29 is 4.79 Å². The summed E-state index contributed by atoms with van der Waals surface area (Å²) in [5.41, 5.74) is 6.20. The molecule has 0 radical (unpaired) electrons. The minimum Gasteiger partial charge on any atom is -0.374 e. The van der Waals surface area contributed by atoms with Gasteiger partial charge in [-0.1, -0.05) is 23.2 Å². The van der Waals surface area contributed by atoms with Crippen LogP contribution in [0.25, 0.3) is 0 Å². The number of amides is 1. The Kier molecular flexibility index (Phi) is 4.32. The van der Waals surface area contributed by atoms with Crippen LogP contribution in [0.2, 0.25) is 10.0 Å². The highest BCUT2D eigenvalue weighted by atomic mass is 35.5. The minimum absolute atomic E-state index is 0.132. The van der Waals surface area contributed by atoms with Crippen LogP contribution in [0.5, 0.6) is 0 Å². The van der Waals surface area contributed by atoms with Gasteiger partial charge in [-0.15, -0.1) is 0 Å². The first-order chi connectivity index (χ1) is 9.40. The average Bonchev–Trinajstić information content (AvgIpc) is 2.67. The number of hydrazone groups is 1. The lowest BCUT2D eigenvalue weighted by atomic mass is 10.2. The molecule has 104 valence electrons. The highest BCUT2D eigenvalue weighted by Gasteiger charge is 2.35. The predicted molar refractivity (Wildman–Crippen MR) is 81.5 cm³/mol. The highest BCUT2D eigenvalue weighted by molar-refractivity contribution is 7.80. The van der Waals surface area contributed by atoms with Crippen molar-refractivity contribution in [3.05, 3.63) is 28.2 Å². The largest absolute Gasteiger partial charge is 0.374 e. The van der Waals surface area contributed by atoms with Gasteiger partial charge in [-0.3, -0.25) is 4.79 Å². The van der Waals surface area contributed by atoms with Crippen molar-refractivity contribution in [2.75, 3.05) is 0 Å². The van der Waals surface area contributed by atoms with E-state index in [1.54, 1.807) is 25.1 Å². The molecule has 0 aliphatic carbocycles. The molecule has 2 rings (SSSR count). The number of halogens is 2. The van der Waals surface area contributed by atoms with Crippen molar-refractivity contribution >= 4 is 57.8 Å². The van der Waals surface area contributed by atoms with Gasteiger partial charge in [0.25, 0.3) is 5.91 Å². The Balaban J connectivity index is 2.24. The fourth-order valence-corrected chi connectivity index (χ4v) is 1.98. The molecule has 9 heteroatoms. The molecule has 20 heavy (non-hydrogen) atoms. The van der Waals surface area contributed by atoms with Crippen molar-refractivity contribution in [1.29, 1.82) is 0 Å². The molecule has 0 spiro atoms. The Hall–Kier alpha value is -1.57. The molecule has 0 bridgehead atoms. The van der Waals surface area contributed by atoms with Gasteiger partial charge in [-0.05, 0) is 37.3 Å². The first-order valence-electron chi connectivity index (χ1n) is 5.44. The topological polar surface area (TPSA) is 83.4 Å². The maximum atomic E-state index is 12.0. The van der Waals surface area contributed by atoms with Crippen LogP contribution in [0.15, 0.2) is 33.5 Å². The maximum absolute atomic E-state index is 12.0. The number of benzene rings is 1. The summed E-state index contributed by atoms with van der Waals surface area (Å²) < 4.78 is 0. The standard InChI is InChI=1S/C11H9Cl2N5OS/c1-5-9(10(19)18(17-5)11(14)20)16-15-8-4-6(12)2-3-7(8)13/h2-4,9H,1H3,(H2,14,20)/t9-/m1/s1. The Labute approximate surface area is 130 Å². The molecule has 0 saturated heterocycles. The zero-order chi connectivity index (χ0) is 14.9. The van der Waals surface area contributed by atoms with Gasteiger partial charge in [-0.2, -0.15) is 20.3 Å². The third-order valence-corrected chi connectivity index (χ3v) is 3.22. The Bertz CT molecular complexity index is 646. The zero-order valence-electron chi connectivity index (χ0n) is 10.2. The zero-order valence-corrected chi connectivity index (χ0v) is 12.6. The molecule has 0 fully saturated rings. The van der Waals surface area contributed by atoms with E-state index in [4.69, 9.17) is 41.2 Å². The van der Waals surface area contributed by atoms with E-state index in [1.165, 1.54) is 0 Å². The van der Waals surface area contributed by atoms with Crippen molar-refractivity contribution in [3.8, 4) is 0 Å². The van der Waals surface area contributed by atoms with E-state index in [1.807, 2.05) is 0 Å². The first-order valence-corrected chi connectivity index (χ1v) is 6.61. The quantitative estimate of drug-likeness (QED) is 0.668. The summed E-state index contributed by atoms with van der Waals surface area (Å²) in [5.74, 6) is -0.447. The summed E-state index contributed by atoms with van der Waals surface area (Å²) in [7, 11) is 0. The summed E-state index contributed by atoms with van der Waals surface area (Å²) in [6.07, 6.45) is 0. The van der Waals surface area contributed by atoms with Gasteiger partial charge in [0, 0.05) is 5.02 Å². The lowest BCUT2D eigenvalue weighted by molar-refractivity contribution is -0.126. The number of hydrogen-bond donors (Lipinski definition) is 1. The lowest BCUT2D eigenvalue weighted by Gasteiger charge is -2.08. The Morgan fingerprint density at radius 2 is 2.20 bits per heavy atom. The van der Waals surface area contributed by atoms with Gasteiger partial charge in [-0.25, -0.2) is 0 Å². The normalized spacial score (nSPS) is 18.8. The summed E-state index contributed by atoms with van der Waals surface area (Å²) >= 11 is 16.5. The van der Waals surface area contributed by atoms with E-state index in [-0.39, 0.29) is 5.11 Å². The van der Waals surface area contributed by atoms with E-state index in [0.717, 1.165) is 5.01 Å². The first kappa shape index (κ1) is 14.8. The molecule has 1 atom stereocenters. The number of thiocarbonyl (C=S) groups is 1. The Morgan fingerprint density at radius 1 is 1.50 bits per heavy atom. The second-order valence-corrected chi connectivity index (χ2v) is 5.21. The molecule has 0 aromatic heterocycles. The van der Waals surface area contributed by atoms with Gasteiger partial charge >= 0.3 is 0 Å². The molecule has 1 aromatic carbocycles. The molecule has 1 heterocycles. The number of hydrogen-bond acceptors (Lipinski definition) is 5. The number of nitrogens with zero attached hydrogens (tertiary/aromatic N) is 4. The van der Waals surface area contributed by atoms with Crippen LogP contribution in [-0.4, -0.2) is 27.8 Å². The monoisotopic (exact) mass is 329 g/mol. The summed E-state index contributed by atoms with van der Waals surface area (Å²) in [4.78, 5) is 12.0. The molecule has 0 unspecified atom stereocenters. The molecule has 1 aliphatic rings. The molecule has 6 nitrogen and oxygen atoms in total. The molecular weight excluding hydrogens is 321 g/mol. The number of azo groups is 1. The van der Waals surface area contributed by atoms with Crippen LogP contribution >= 0.6 is 35.4 Å². The highest BCUT2D eigenvalue weighted by Crippen LogP contribution is 2.29. The summed E-state index contributed by atoms with van der Waals surface area (Å²) in [6.45, 7) is 1.64. The van der Waals surface area contributed by atoms with Crippen molar-refractivity contribution in [3.63, 3.8) is 0 Å². The van der Waals surface area contributed by atoms with Gasteiger partial charge < -0.3 is 5.73 Å². The van der Waals surface area contributed by atoms with Crippen molar-refractivity contribution in [2.24, 2.45) is 21.1 Å². The third-order valence-electron chi connectivity index (χ3n) is 2.49. The van der Waals surface area contributed by atoms with E-state index in [2.05, 4.69) is 15.3 Å². The van der Waals surface area contributed by atoms with Crippen molar-refractivity contribution in [2.45, 2.75) is 13.0 Å². The summed E-state index contributed by atoms with van der Waals surface area (Å²) in [6, 6.07) is 3.92. The second-order valence-electron chi connectivity index (χ2n) is 3.94. The van der Waals surface area contributed by atoms with E-state index in [9.17, 15) is 4.79 Å². The van der Waals surface area contributed by atoms with E-state index in [0.29, 0.717) is 21.4 Å². The minimum atomic E-state index is -0.855. The smallest absolute Gasteiger partial charge is 0.282 e. The Morgan fingerprint density at radius 3 is 2.80 bits per heavy atom. The number of rotatable bonds is 2. The van der Waals surface area contributed by atoms with Crippen LogP contribution in [0, 0.1) is 0 Å². The van der Waals surface area contributed by atoms with Crippen LogP contribution in [-0.2, 0) is 4.79 Å². The summed E-state index contributed by atoms with van der Waals surface area (Å²) in [5, 5.41) is 13.4. The fraction of sp³-hybridized carbons (Fsp3) is 0.182. The lowest BCUT2D eigenvalue weighted by Crippen LogP contribution is -2.37. The maximum Gasteiger partial charge on any atom is 0.282 e. The van der Waals surface area contributed by atoms with Gasteiger partial charge in [0.1, 0.15) is 5.69 Å². The number of nitrogens with two attached hydrogens (primary N) is 1. The molecule has 1 aromatic rings. The number of carbonyl (C=O) groups excluding carboxylic acids is 1. The van der Waals surface area contributed by atoms with Crippen LogP contribution < -0.4 is 5.73 Å². The van der Waals surface area contributed by atoms with E-state index >= 15 is 0 Å². The molecular formula is C11H9Cl2N5OS. The van der Waals surface area contributed by atoms with E-state index < -0.39 is 11.9 Å². The molecule has 2 N–H and O–H groups in total. The SMILES string of the molecule is CC1=NN(C(N)=S)C(=O)[C@@H]1N=Nc1cc(Cl)ccc1Cl. The van der Waals surface area contributed by atoms with Gasteiger partial charge in [0.05, 0.1) is 10.7 Å². The second kappa shape index (κ2) is 5.82.